The van der Waals surface area contributed by atoms with E-state index < -0.39 is 29.1 Å². The van der Waals surface area contributed by atoms with Gasteiger partial charge in [0.15, 0.2) is 23.9 Å². The standard InChI is InChI=1S/C20H20N2O8/c1-4-29-18-9-15(16(22(26)27)10-17(18)28-3)20(25)30-11-19(24)21-14-7-5-6-13(8-14)12(2)23/h5-10H,4,11H2,1-3H3,(H,21,24). The molecule has 0 saturated carbocycles. The fourth-order valence-electron chi connectivity index (χ4n) is 2.51. The lowest BCUT2D eigenvalue weighted by Crippen LogP contribution is -2.21. The van der Waals surface area contributed by atoms with Gasteiger partial charge in [-0.3, -0.25) is 19.7 Å². The summed E-state index contributed by atoms with van der Waals surface area (Å²) >= 11 is 0. The van der Waals surface area contributed by atoms with E-state index in [1.54, 1.807) is 25.1 Å². The predicted octanol–water partition coefficient (Wildman–Crippen LogP) is 3.00. The van der Waals surface area contributed by atoms with Crippen LogP contribution in [0.15, 0.2) is 36.4 Å². The highest BCUT2D eigenvalue weighted by atomic mass is 16.6. The van der Waals surface area contributed by atoms with Crippen molar-refractivity contribution in [2.24, 2.45) is 0 Å². The van der Waals surface area contributed by atoms with Crippen molar-refractivity contribution in [1.29, 1.82) is 0 Å². The number of esters is 1. The number of ketones is 1. The van der Waals surface area contributed by atoms with Gasteiger partial charge in [0.1, 0.15) is 5.56 Å². The molecule has 2 aromatic carbocycles. The first-order valence-electron chi connectivity index (χ1n) is 8.84. The lowest BCUT2D eigenvalue weighted by molar-refractivity contribution is -0.385. The number of nitro groups is 1. The van der Waals surface area contributed by atoms with Gasteiger partial charge in [0.05, 0.1) is 24.7 Å². The van der Waals surface area contributed by atoms with Gasteiger partial charge in [0, 0.05) is 17.3 Å². The maximum atomic E-state index is 12.4. The molecule has 0 saturated heterocycles. The summed E-state index contributed by atoms with van der Waals surface area (Å²) in [6.45, 7) is 2.64. The van der Waals surface area contributed by atoms with E-state index in [9.17, 15) is 24.5 Å². The second kappa shape index (κ2) is 10.0. The average Bonchev–Trinajstić information content (AvgIpc) is 2.71. The molecule has 0 aromatic heterocycles. The summed E-state index contributed by atoms with van der Waals surface area (Å²) in [4.78, 5) is 46.4. The van der Waals surface area contributed by atoms with Crippen molar-refractivity contribution < 1.29 is 33.5 Å². The molecule has 0 fully saturated rings. The Bertz CT molecular complexity index is 987. The molecule has 0 spiro atoms. The number of carbonyl (C=O) groups is 3. The number of hydrogen-bond donors (Lipinski definition) is 1. The second-order valence-corrected chi connectivity index (χ2v) is 5.97. The topological polar surface area (TPSA) is 134 Å². The Kier molecular flexibility index (Phi) is 7.45. The molecule has 0 unspecified atom stereocenters. The van der Waals surface area contributed by atoms with Crippen LogP contribution in [0.4, 0.5) is 11.4 Å². The van der Waals surface area contributed by atoms with Crippen LogP contribution in [0, 0.1) is 10.1 Å². The van der Waals surface area contributed by atoms with Crippen LogP contribution in [0.3, 0.4) is 0 Å². The summed E-state index contributed by atoms with van der Waals surface area (Å²) in [6.07, 6.45) is 0. The zero-order valence-corrected chi connectivity index (χ0v) is 16.6. The second-order valence-electron chi connectivity index (χ2n) is 5.97. The minimum Gasteiger partial charge on any atom is -0.493 e. The molecule has 0 radical (unpaired) electrons. The van der Waals surface area contributed by atoms with Crippen molar-refractivity contribution in [3.63, 3.8) is 0 Å². The van der Waals surface area contributed by atoms with Crippen molar-refractivity contribution in [3.05, 3.63) is 57.6 Å². The summed E-state index contributed by atoms with van der Waals surface area (Å²) in [7, 11) is 1.31. The summed E-state index contributed by atoms with van der Waals surface area (Å²) < 4.78 is 15.3. The SMILES string of the molecule is CCOc1cc(C(=O)OCC(=O)Nc2cccc(C(C)=O)c2)c([N+](=O)[O-])cc1OC. The molecule has 10 heteroatoms. The van der Waals surface area contributed by atoms with E-state index in [0.29, 0.717) is 11.3 Å². The van der Waals surface area contributed by atoms with Crippen LogP contribution in [0.25, 0.3) is 0 Å². The summed E-state index contributed by atoms with van der Waals surface area (Å²) in [5.74, 6) is -1.70. The summed E-state index contributed by atoms with van der Waals surface area (Å²) in [5, 5.41) is 13.8. The third-order valence-corrected chi connectivity index (χ3v) is 3.89. The Balaban J connectivity index is 2.14. The van der Waals surface area contributed by atoms with Gasteiger partial charge in [-0.1, -0.05) is 12.1 Å². The molecule has 10 nitrogen and oxygen atoms in total. The lowest BCUT2D eigenvalue weighted by atomic mass is 10.1. The van der Waals surface area contributed by atoms with Crippen LogP contribution in [0.2, 0.25) is 0 Å². The average molecular weight is 416 g/mol. The minimum atomic E-state index is -1.07. The number of amides is 1. The third-order valence-electron chi connectivity index (χ3n) is 3.89. The molecule has 0 atom stereocenters. The number of nitrogens with zero attached hydrogens (tertiary/aromatic N) is 1. The van der Waals surface area contributed by atoms with Crippen LogP contribution in [0.5, 0.6) is 11.5 Å². The number of carbonyl (C=O) groups excluding carboxylic acids is 3. The van der Waals surface area contributed by atoms with Crippen molar-refractivity contribution in [1.82, 2.24) is 0 Å². The van der Waals surface area contributed by atoms with Gasteiger partial charge in [-0.15, -0.1) is 0 Å². The van der Waals surface area contributed by atoms with Crippen molar-refractivity contribution in [2.75, 3.05) is 25.6 Å². The van der Waals surface area contributed by atoms with Crippen molar-refractivity contribution >= 4 is 29.0 Å². The van der Waals surface area contributed by atoms with Gasteiger partial charge in [0.2, 0.25) is 0 Å². The Morgan fingerprint density at radius 2 is 1.87 bits per heavy atom. The molecule has 2 aromatic rings. The van der Waals surface area contributed by atoms with Gasteiger partial charge in [-0.05, 0) is 26.0 Å². The van der Waals surface area contributed by atoms with E-state index >= 15 is 0 Å². The van der Waals surface area contributed by atoms with Gasteiger partial charge >= 0.3 is 5.97 Å². The fourth-order valence-corrected chi connectivity index (χ4v) is 2.51. The Morgan fingerprint density at radius 1 is 1.13 bits per heavy atom. The fraction of sp³-hybridized carbons (Fsp3) is 0.250. The normalized spacial score (nSPS) is 10.1. The van der Waals surface area contributed by atoms with E-state index in [0.717, 1.165) is 12.1 Å². The van der Waals surface area contributed by atoms with Gasteiger partial charge < -0.3 is 19.5 Å². The largest absolute Gasteiger partial charge is 0.493 e. The summed E-state index contributed by atoms with van der Waals surface area (Å²) in [6, 6.07) is 8.41. The van der Waals surface area contributed by atoms with Crippen LogP contribution >= 0.6 is 0 Å². The number of Topliss-reactive ketones (excluding diaryl/α,β-unsaturated/α-hetero) is 1. The third kappa shape index (κ3) is 5.53. The number of benzene rings is 2. The first-order valence-corrected chi connectivity index (χ1v) is 8.84. The van der Waals surface area contributed by atoms with Gasteiger partial charge in [-0.2, -0.15) is 0 Å². The van der Waals surface area contributed by atoms with E-state index in [4.69, 9.17) is 14.2 Å². The molecule has 0 aliphatic rings. The van der Waals surface area contributed by atoms with Gasteiger partial charge in [-0.25, -0.2) is 4.79 Å². The highest BCUT2D eigenvalue weighted by Gasteiger charge is 2.26. The van der Waals surface area contributed by atoms with E-state index in [1.165, 1.54) is 20.1 Å². The van der Waals surface area contributed by atoms with Gasteiger partial charge in [0.25, 0.3) is 11.6 Å². The minimum absolute atomic E-state index is 0.0863. The van der Waals surface area contributed by atoms with E-state index in [-0.39, 0.29) is 29.5 Å². The Hall–Kier alpha value is -3.95. The van der Waals surface area contributed by atoms with E-state index in [2.05, 4.69) is 5.32 Å². The molecular weight excluding hydrogens is 396 g/mol. The van der Waals surface area contributed by atoms with E-state index in [1.807, 2.05) is 0 Å². The highest BCUT2D eigenvalue weighted by molar-refractivity contribution is 5.99. The Labute approximate surface area is 171 Å². The number of nitro benzene ring substituents is 1. The van der Waals surface area contributed by atoms with Crippen molar-refractivity contribution in [3.8, 4) is 11.5 Å². The molecule has 0 aliphatic carbocycles. The Morgan fingerprint density at radius 3 is 2.47 bits per heavy atom. The molecule has 0 heterocycles. The zero-order valence-electron chi connectivity index (χ0n) is 16.6. The number of anilines is 1. The van der Waals surface area contributed by atoms with Crippen LogP contribution in [0.1, 0.15) is 34.6 Å². The smallest absolute Gasteiger partial charge is 0.345 e. The molecule has 0 aliphatic heterocycles. The van der Waals surface area contributed by atoms with Crippen LogP contribution < -0.4 is 14.8 Å². The number of ether oxygens (including phenoxy) is 3. The highest BCUT2D eigenvalue weighted by Crippen LogP contribution is 2.35. The maximum absolute atomic E-state index is 12.4. The molecule has 1 N–H and O–H groups in total. The first-order chi connectivity index (χ1) is 14.3. The quantitative estimate of drug-likeness (QED) is 0.285. The number of nitrogens with one attached hydrogen (secondary N) is 1. The predicted molar refractivity (Wildman–Crippen MR) is 106 cm³/mol. The summed E-state index contributed by atoms with van der Waals surface area (Å²) in [5.41, 5.74) is -0.176. The van der Waals surface area contributed by atoms with Crippen LogP contribution in [-0.4, -0.2) is 42.9 Å². The number of methoxy groups -OCH3 is 1. The van der Waals surface area contributed by atoms with Crippen LogP contribution in [-0.2, 0) is 9.53 Å². The molecule has 1 amide bonds. The number of hydrogen-bond acceptors (Lipinski definition) is 8. The zero-order chi connectivity index (χ0) is 22.3. The molecule has 158 valence electrons. The molecule has 30 heavy (non-hydrogen) atoms. The van der Waals surface area contributed by atoms with Crippen molar-refractivity contribution in [2.45, 2.75) is 13.8 Å². The monoisotopic (exact) mass is 416 g/mol. The molecule has 2 rings (SSSR count). The maximum Gasteiger partial charge on any atom is 0.345 e. The first kappa shape index (κ1) is 22.3. The molecule has 0 bridgehead atoms. The lowest BCUT2D eigenvalue weighted by Gasteiger charge is -2.12. The molecular formula is C20H20N2O8. The number of rotatable bonds is 9.